The average molecular weight is 345 g/mol. The molecular weight excluding hydrogens is 318 g/mol. The second kappa shape index (κ2) is 7.97. The molecule has 0 radical (unpaired) electrons. The Kier molecular flexibility index (Phi) is 5.71. The maximum absolute atomic E-state index is 13.1. The Morgan fingerprint density at radius 3 is 2.60 bits per heavy atom. The van der Waals surface area contributed by atoms with Gasteiger partial charge in [0, 0.05) is 26.2 Å². The van der Waals surface area contributed by atoms with Gasteiger partial charge in [-0.15, -0.1) is 0 Å². The maximum Gasteiger partial charge on any atom is 0.254 e. The van der Waals surface area contributed by atoms with E-state index in [2.05, 4.69) is 17.1 Å². The number of ether oxygens (including phenoxy) is 1. The van der Waals surface area contributed by atoms with Gasteiger partial charge in [0.2, 0.25) is 5.91 Å². The van der Waals surface area contributed by atoms with E-state index in [4.69, 9.17) is 4.74 Å². The highest BCUT2D eigenvalue weighted by molar-refractivity contribution is 5.86. The van der Waals surface area contributed by atoms with Crippen molar-refractivity contribution in [3.05, 3.63) is 35.9 Å². The van der Waals surface area contributed by atoms with Gasteiger partial charge in [0.25, 0.3) is 5.91 Å². The number of morpholine rings is 1. The molecule has 2 unspecified atom stereocenters. The second-order valence-electron chi connectivity index (χ2n) is 6.80. The van der Waals surface area contributed by atoms with E-state index in [-0.39, 0.29) is 24.5 Å². The van der Waals surface area contributed by atoms with Crippen LogP contribution in [0.5, 0.6) is 0 Å². The number of piperidine rings is 1. The molecule has 0 bridgehead atoms. The number of likely N-dealkylation sites (N-methyl/N-ethyl adjacent to an activating group) is 1. The molecule has 136 valence electrons. The molecule has 3 rings (SSSR count). The van der Waals surface area contributed by atoms with Crippen molar-refractivity contribution in [3.63, 3.8) is 0 Å². The molecule has 6 nitrogen and oxygen atoms in total. The zero-order chi connectivity index (χ0) is 17.8. The van der Waals surface area contributed by atoms with E-state index in [1.165, 1.54) is 0 Å². The smallest absolute Gasteiger partial charge is 0.254 e. The number of carbonyl (C=O) groups excluding carboxylic acids is 2. The summed E-state index contributed by atoms with van der Waals surface area (Å²) in [6.07, 6.45) is 1.28. The van der Waals surface area contributed by atoms with Crippen molar-refractivity contribution in [1.29, 1.82) is 0 Å². The predicted molar refractivity (Wildman–Crippen MR) is 95.0 cm³/mol. The number of carbonyl (C=O) groups is 2. The molecule has 1 aromatic rings. The van der Waals surface area contributed by atoms with Crippen LogP contribution in [0.3, 0.4) is 0 Å². The van der Waals surface area contributed by atoms with Crippen LogP contribution in [0, 0.1) is 0 Å². The Hall–Kier alpha value is -1.92. The minimum atomic E-state index is -0.672. The van der Waals surface area contributed by atoms with E-state index >= 15 is 0 Å². The molecule has 0 aliphatic carbocycles. The zero-order valence-electron chi connectivity index (χ0n) is 15.0. The SMILES string of the molecule is CCN1CCC(N(C)C(=O)C2OCC(=O)NC2c2ccccc2)CC1. The summed E-state index contributed by atoms with van der Waals surface area (Å²) < 4.78 is 5.66. The molecule has 0 aromatic heterocycles. The third-order valence-corrected chi connectivity index (χ3v) is 5.31. The molecule has 2 aliphatic rings. The Balaban J connectivity index is 1.71. The lowest BCUT2D eigenvalue weighted by Gasteiger charge is -2.40. The zero-order valence-corrected chi connectivity index (χ0v) is 15.0. The predicted octanol–water partition coefficient (Wildman–Crippen LogP) is 1.19. The van der Waals surface area contributed by atoms with E-state index in [1.807, 2.05) is 42.3 Å². The standard InChI is InChI=1S/C19H27N3O3/c1-3-22-11-9-15(10-12-22)21(2)19(24)18-17(20-16(23)13-25-18)14-7-5-4-6-8-14/h4-8,15,17-18H,3,9-13H2,1-2H3,(H,20,23). The van der Waals surface area contributed by atoms with Crippen molar-refractivity contribution in [2.45, 2.75) is 38.0 Å². The summed E-state index contributed by atoms with van der Waals surface area (Å²) in [7, 11) is 1.86. The van der Waals surface area contributed by atoms with E-state index in [0.717, 1.165) is 38.0 Å². The van der Waals surface area contributed by atoms with Gasteiger partial charge in [0.1, 0.15) is 6.61 Å². The molecular formula is C19H27N3O3. The molecule has 2 amide bonds. The normalized spacial score (nSPS) is 25.4. The summed E-state index contributed by atoms with van der Waals surface area (Å²) in [5.74, 6) is -0.236. The fourth-order valence-electron chi connectivity index (χ4n) is 3.69. The van der Waals surface area contributed by atoms with Crippen molar-refractivity contribution in [2.75, 3.05) is 33.3 Å². The van der Waals surface area contributed by atoms with Crippen molar-refractivity contribution in [3.8, 4) is 0 Å². The monoisotopic (exact) mass is 345 g/mol. The van der Waals surface area contributed by atoms with Gasteiger partial charge < -0.3 is 19.9 Å². The van der Waals surface area contributed by atoms with Gasteiger partial charge >= 0.3 is 0 Å². The maximum atomic E-state index is 13.1. The van der Waals surface area contributed by atoms with E-state index < -0.39 is 12.1 Å². The van der Waals surface area contributed by atoms with E-state index in [1.54, 1.807) is 0 Å². The van der Waals surface area contributed by atoms with Gasteiger partial charge in [-0.3, -0.25) is 9.59 Å². The lowest BCUT2D eigenvalue weighted by molar-refractivity contribution is -0.156. The van der Waals surface area contributed by atoms with E-state index in [0.29, 0.717) is 0 Å². The molecule has 0 spiro atoms. The number of hydrogen-bond donors (Lipinski definition) is 1. The fraction of sp³-hybridized carbons (Fsp3) is 0.579. The Labute approximate surface area is 149 Å². The highest BCUT2D eigenvalue weighted by Crippen LogP contribution is 2.25. The average Bonchev–Trinajstić information content (AvgIpc) is 2.67. The fourth-order valence-corrected chi connectivity index (χ4v) is 3.69. The number of nitrogens with one attached hydrogen (secondary N) is 1. The van der Waals surface area contributed by atoms with Gasteiger partial charge in [0.05, 0.1) is 6.04 Å². The molecule has 0 saturated carbocycles. The van der Waals surface area contributed by atoms with Crippen LogP contribution in [0.25, 0.3) is 0 Å². The van der Waals surface area contributed by atoms with Crippen molar-refractivity contribution in [2.24, 2.45) is 0 Å². The number of benzene rings is 1. The van der Waals surface area contributed by atoms with Crippen LogP contribution in [0.15, 0.2) is 30.3 Å². The second-order valence-corrected chi connectivity index (χ2v) is 6.80. The number of hydrogen-bond acceptors (Lipinski definition) is 4. The summed E-state index contributed by atoms with van der Waals surface area (Å²) in [6, 6.07) is 9.35. The van der Waals surface area contributed by atoms with Gasteiger partial charge in [-0.1, -0.05) is 37.3 Å². The molecule has 1 aromatic carbocycles. The summed E-state index contributed by atoms with van der Waals surface area (Å²) in [4.78, 5) is 29.1. The van der Waals surface area contributed by atoms with Crippen LogP contribution < -0.4 is 5.32 Å². The van der Waals surface area contributed by atoms with Gasteiger partial charge in [-0.2, -0.15) is 0 Å². The first-order valence-corrected chi connectivity index (χ1v) is 9.05. The van der Waals surface area contributed by atoms with Gasteiger partial charge in [-0.25, -0.2) is 0 Å². The minimum Gasteiger partial charge on any atom is -0.356 e. The largest absolute Gasteiger partial charge is 0.356 e. The molecule has 2 heterocycles. The minimum absolute atomic E-state index is 0.0520. The number of nitrogens with zero attached hydrogens (tertiary/aromatic N) is 2. The van der Waals surface area contributed by atoms with Gasteiger partial charge in [0.15, 0.2) is 6.10 Å². The Morgan fingerprint density at radius 2 is 1.96 bits per heavy atom. The quantitative estimate of drug-likeness (QED) is 0.890. The molecule has 2 fully saturated rings. The molecule has 2 aliphatic heterocycles. The summed E-state index contributed by atoms with van der Waals surface area (Å²) in [5, 5.41) is 2.92. The van der Waals surface area contributed by atoms with Crippen molar-refractivity contribution >= 4 is 11.8 Å². The van der Waals surface area contributed by atoms with Crippen LogP contribution in [0.4, 0.5) is 0 Å². The first-order chi connectivity index (χ1) is 12.1. The van der Waals surface area contributed by atoms with Crippen molar-refractivity contribution in [1.82, 2.24) is 15.1 Å². The number of amides is 2. The lowest BCUT2D eigenvalue weighted by Crippen LogP contribution is -2.55. The first-order valence-electron chi connectivity index (χ1n) is 9.05. The first kappa shape index (κ1) is 17.9. The highest BCUT2D eigenvalue weighted by atomic mass is 16.5. The van der Waals surface area contributed by atoms with Gasteiger partial charge in [-0.05, 0) is 24.9 Å². The summed E-state index contributed by atoms with van der Waals surface area (Å²) in [6.45, 7) is 5.19. The molecule has 1 N–H and O–H groups in total. The van der Waals surface area contributed by atoms with E-state index in [9.17, 15) is 9.59 Å². The van der Waals surface area contributed by atoms with Crippen LogP contribution in [0.1, 0.15) is 31.4 Å². The number of rotatable bonds is 4. The van der Waals surface area contributed by atoms with Crippen LogP contribution >= 0.6 is 0 Å². The third-order valence-electron chi connectivity index (χ3n) is 5.31. The molecule has 6 heteroatoms. The Morgan fingerprint density at radius 1 is 1.28 bits per heavy atom. The number of likely N-dealkylation sites (tertiary alicyclic amines) is 1. The van der Waals surface area contributed by atoms with Crippen LogP contribution in [0.2, 0.25) is 0 Å². The Bertz CT molecular complexity index is 599. The van der Waals surface area contributed by atoms with Crippen LogP contribution in [-0.4, -0.2) is 67.0 Å². The lowest BCUT2D eigenvalue weighted by atomic mass is 9.97. The topological polar surface area (TPSA) is 61.9 Å². The summed E-state index contributed by atoms with van der Waals surface area (Å²) >= 11 is 0. The molecule has 2 atom stereocenters. The third kappa shape index (κ3) is 4.02. The van der Waals surface area contributed by atoms with Crippen molar-refractivity contribution < 1.29 is 14.3 Å². The summed E-state index contributed by atoms with van der Waals surface area (Å²) in [5.41, 5.74) is 0.892. The molecule has 2 saturated heterocycles. The molecule has 25 heavy (non-hydrogen) atoms. The highest BCUT2D eigenvalue weighted by Gasteiger charge is 2.39. The van der Waals surface area contributed by atoms with Crippen LogP contribution in [-0.2, 0) is 14.3 Å².